The molecule has 0 unspecified atom stereocenters. The standard InChI is InChI=1S/C19H14Cl2N2O2/c1-25-18-16(20)8-12(9-17(18)21)11-22-23-19(24)15-7-6-13-4-2-3-5-14(13)10-15/h2-11H,1H3,(H,23,24)/b22-11-. The monoisotopic (exact) mass is 372 g/mol. The van der Waals surface area contributed by atoms with E-state index in [2.05, 4.69) is 10.5 Å². The van der Waals surface area contributed by atoms with E-state index in [1.165, 1.54) is 13.3 Å². The molecule has 3 rings (SSSR count). The van der Waals surface area contributed by atoms with Crippen molar-refractivity contribution >= 4 is 46.1 Å². The van der Waals surface area contributed by atoms with Crippen LogP contribution in [0.5, 0.6) is 5.75 Å². The first-order valence-electron chi connectivity index (χ1n) is 7.44. The van der Waals surface area contributed by atoms with Gasteiger partial charge in [-0.1, -0.05) is 53.5 Å². The molecule has 0 spiro atoms. The molecule has 126 valence electrons. The topological polar surface area (TPSA) is 50.7 Å². The smallest absolute Gasteiger partial charge is 0.271 e. The molecule has 0 aromatic heterocycles. The number of benzene rings is 3. The summed E-state index contributed by atoms with van der Waals surface area (Å²) in [7, 11) is 1.49. The van der Waals surface area contributed by atoms with Crippen molar-refractivity contribution in [2.45, 2.75) is 0 Å². The predicted octanol–water partition coefficient (Wildman–Crippen LogP) is 4.92. The number of ether oxygens (including phenoxy) is 1. The van der Waals surface area contributed by atoms with Gasteiger partial charge in [-0.25, -0.2) is 5.43 Å². The van der Waals surface area contributed by atoms with Crippen LogP contribution in [0.15, 0.2) is 59.7 Å². The lowest BCUT2D eigenvalue weighted by molar-refractivity contribution is 0.0955. The third-order valence-corrected chi connectivity index (χ3v) is 4.18. The third kappa shape index (κ3) is 3.92. The number of methoxy groups -OCH3 is 1. The van der Waals surface area contributed by atoms with Crippen LogP contribution < -0.4 is 10.2 Å². The quantitative estimate of drug-likeness (QED) is 0.521. The van der Waals surface area contributed by atoms with E-state index in [0.29, 0.717) is 26.9 Å². The zero-order chi connectivity index (χ0) is 17.8. The Morgan fingerprint density at radius 1 is 1.04 bits per heavy atom. The van der Waals surface area contributed by atoms with E-state index >= 15 is 0 Å². The van der Waals surface area contributed by atoms with E-state index < -0.39 is 0 Å². The molecule has 0 fully saturated rings. The van der Waals surface area contributed by atoms with Crippen molar-refractivity contribution < 1.29 is 9.53 Å². The molecule has 0 bridgehead atoms. The highest BCUT2D eigenvalue weighted by atomic mass is 35.5. The molecule has 0 aliphatic rings. The lowest BCUT2D eigenvalue weighted by atomic mass is 10.1. The molecule has 3 aromatic rings. The van der Waals surface area contributed by atoms with Crippen molar-refractivity contribution in [2.24, 2.45) is 5.10 Å². The van der Waals surface area contributed by atoms with Crippen LogP contribution in [0.2, 0.25) is 10.0 Å². The van der Waals surface area contributed by atoms with Crippen molar-refractivity contribution in [3.05, 3.63) is 75.8 Å². The van der Waals surface area contributed by atoms with Crippen LogP contribution in [0.1, 0.15) is 15.9 Å². The number of hydrogen-bond acceptors (Lipinski definition) is 3. The summed E-state index contributed by atoms with van der Waals surface area (Å²) in [6.45, 7) is 0. The SMILES string of the molecule is COc1c(Cl)cc(/C=N\NC(=O)c2ccc3ccccc3c2)cc1Cl. The number of hydrazone groups is 1. The molecular formula is C19H14Cl2N2O2. The number of rotatable bonds is 4. The fraction of sp³-hybridized carbons (Fsp3) is 0.0526. The number of fused-ring (bicyclic) bond motifs is 1. The maximum absolute atomic E-state index is 12.2. The fourth-order valence-corrected chi connectivity index (χ4v) is 3.07. The zero-order valence-corrected chi connectivity index (χ0v) is 14.8. The molecular weight excluding hydrogens is 359 g/mol. The van der Waals surface area contributed by atoms with E-state index in [0.717, 1.165) is 10.8 Å². The lowest BCUT2D eigenvalue weighted by Crippen LogP contribution is -2.17. The van der Waals surface area contributed by atoms with Gasteiger partial charge >= 0.3 is 0 Å². The van der Waals surface area contributed by atoms with Crippen molar-refractivity contribution in [3.8, 4) is 5.75 Å². The normalized spacial score (nSPS) is 11.0. The van der Waals surface area contributed by atoms with Crippen molar-refractivity contribution in [2.75, 3.05) is 7.11 Å². The van der Waals surface area contributed by atoms with Gasteiger partial charge in [-0.15, -0.1) is 0 Å². The van der Waals surface area contributed by atoms with Crippen LogP contribution in [0.4, 0.5) is 0 Å². The van der Waals surface area contributed by atoms with Crippen LogP contribution >= 0.6 is 23.2 Å². The summed E-state index contributed by atoms with van der Waals surface area (Å²) in [5, 5.41) is 6.77. The summed E-state index contributed by atoms with van der Waals surface area (Å²) in [6, 6.07) is 16.6. The van der Waals surface area contributed by atoms with Crippen LogP contribution in [0.25, 0.3) is 10.8 Å². The molecule has 1 amide bonds. The Hall–Kier alpha value is -2.56. The van der Waals surface area contributed by atoms with Crippen molar-refractivity contribution in [1.82, 2.24) is 5.43 Å². The fourth-order valence-electron chi connectivity index (χ4n) is 2.41. The van der Waals surface area contributed by atoms with Gasteiger partial charge in [0.15, 0.2) is 5.75 Å². The number of nitrogens with one attached hydrogen (secondary N) is 1. The average Bonchev–Trinajstić information content (AvgIpc) is 2.61. The molecule has 3 aromatic carbocycles. The molecule has 0 aliphatic heterocycles. The summed E-state index contributed by atoms with van der Waals surface area (Å²) in [5.74, 6) is 0.105. The van der Waals surface area contributed by atoms with E-state index in [1.807, 2.05) is 36.4 Å². The Morgan fingerprint density at radius 3 is 2.40 bits per heavy atom. The second-order valence-electron chi connectivity index (χ2n) is 5.28. The van der Waals surface area contributed by atoms with Crippen LogP contribution in [-0.4, -0.2) is 19.2 Å². The molecule has 0 heterocycles. The second-order valence-corrected chi connectivity index (χ2v) is 6.09. The first-order valence-corrected chi connectivity index (χ1v) is 8.19. The molecule has 6 heteroatoms. The zero-order valence-electron chi connectivity index (χ0n) is 13.3. The summed E-state index contributed by atoms with van der Waals surface area (Å²) in [4.78, 5) is 12.2. The van der Waals surface area contributed by atoms with Gasteiger partial charge in [-0.2, -0.15) is 5.10 Å². The van der Waals surface area contributed by atoms with Gasteiger partial charge in [0, 0.05) is 5.56 Å². The van der Waals surface area contributed by atoms with E-state index in [4.69, 9.17) is 27.9 Å². The molecule has 0 radical (unpaired) electrons. The first kappa shape index (κ1) is 17.3. The maximum Gasteiger partial charge on any atom is 0.271 e. The van der Waals surface area contributed by atoms with E-state index in [-0.39, 0.29) is 5.91 Å². The minimum Gasteiger partial charge on any atom is -0.494 e. The molecule has 25 heavy (non-hydrogen) atoms. The maximum atomic E-state index is 12.2. The van der Waals surface area contributed by atoms with Gasteiger partial charge in [-0.3, -0.25) is 4.79 Å². The third-order valence-electron chi connectivity index (χ3n) is 3.62. The molecule has 1 N–H and O–H groups in total. The summed E-state index contributed by atoms with van der Waals surface area (Å²) < 4.78 is 5.09. The number of halogens is 2. The van der Waals surface area contributed by atoms with Gasteiger partial charge in [0.05, 0.1) is 23.4 Å². The number of hydrogen-bond donors (Lipinski definition) is 1. The molecule has 0 saturated heterocycles. The van der Waals surface area contributed by atoms with Gasteiger partial charge in [0.25, 0.3) is 5.91 Å². The Balaban J connectivity index is 1.74. The lowest BCUT2D eigenvalue weighted by Gasteiger charge is -2.06. The highest BCUT2D eigenvalue weighted by molar-refractivity contribution is 6.37. The molecule has 0 aliphatic carbocycles. The van der Waals surface area contributed by atoms with Gasteiger partial charge in [0.1, 0.15) is 0 Å². The van der Waals surface area contributed by atoms with E-state index in [1.54, 1.807) is 18.2 Å². The van der Waals surface area contributed by atoms with E-state index in [9.17, 15) is 4.79 Å². The average molecular weight is 373 g/mol. The van der Waals surface area contributed by atoms with Gasteiger partial charge < -0.3 is 4.74 Å². The Bertz CT molecular complexity index is 948. The number of amides is 1. The molecule has 0 atom stereocenters. The van der Waals surface area contributed by atoms with Crippen molar-refractivity contribution in [1.29, 1.82) is 0 Å². The summed E-state index contributed by atoms with van der Waals surface area (Å²) in [5.41, 5.74) is 3.67. The second kappa shape index (κ2) is 7.55. The highest BCUT2D eigenvalue weighted by Gasteiger charge is 2.08. The van der Waals surface area contributed by atoms with Crippen molar-refractivity contribution in [3.63, 3.8) is 0 Å². The highest BCUT2D eigenvalue weighted by Crippen LogP contribution is 2.33. The number of carbonyl (C=O) groups excluding carboxylic acids is 1. The summed E-state index contributed by atoms with van der Waals surface area (Å²) >= 11 is 12.1. The van der Waals surface area contributed by atoms with Crippen LogP contribution in [0.3, 0.4) is 0 Å². The van der Waals surface area contributed by atoms with Gasteiger partial charge in [0.2, 0.25) is 0 Å². The van der Waals surface area contributed by atoms with Crippen LogP contribution in [0, 0.1) is 0 Å². The minimum atomic E-state index is -0.298. The minimum absolute atomic E-state index is 0.298. The summed E-state index contributed by atoms with van der Waals surface area (Å²) in [6.07, 6.45) is 1.47. The number of nitrogens with zero attached hydrogens (tertiary/aromatic N) is 1. The largest absolute Gasteiger partial charge is 0.494 e. The predicted molar refractivity (Wildman–Crippen MR) is 102 cm³/mol. The molecule has 4 nitrogen and oxygen atoms in total. The Kier molecular flexibility index (Phi) is 5.22. The number of carbonyl (C=O) groups is 1. The Morgan fingerprint density at radius 2 is 1.72 bits per heavy atom. The Labute approximate surface area is 155 Å². The molecule has 0 saturated carbocycles. The van der Waals surface area contributed by atoms with Gasteiger partial charge in [-0.05, 0) is 40.6 Å². The first-order chi connectivity index (χ1) is 12.1. The van der Waals surface area contributed by atoms with Crippen LogP contribution in [-0.2, 0) is 0 Å².